The van der Waals surface area contributed by atoms with Crippen LogP contribution >= 0.6 is 11.3 Å². The van der Waals surface area contributed by atoms with Gasteiger partial charge in [-0.05, 0) is 93.5 Å². The van der Waals surface area contributed by atoms with Gasteiger partial charge in [0.2, 0.25) is 0 Å². The van der Waals surface area contributed by atoms with Crippen molar-refractivity contribution in [3.8, 4) is 44.5 Å². The minimum atomic E-state index is 1.11. The third kappa shape index (κ3) is 5.66. The number of fused-ring (bicyclic) bond motifs is 3. The van der Waals surface area contributed by atoms with Crippen molar-refractivity contribution in [3.63, 3.8) is 0 Å². The SMILES string of the molecule is c1ccc(-c2ccc(N(c3ccc(-c4ccccc4)cc3)c3ccc(-c4cc(-c5ccccc5)c5sc6ccccc6c5c4)cc3)cc2)cc1. The maximum Gasteiger partial charge on any atom is 0.0462 e. The summed E-state index contributed by atoms with van der Waals surface area (Å²) >= 11 is 1.88. The fourth-order valence-corrected chi connectivity index (χ4v) is 8.16. The minimum absolute atomic E-state index is 1.11. The highest BCUT2D eigenvalue weighted by Crippen LogP contribution is 2.43. The zero-order valence-electron chi connectivity index (χ0n) is 27.4. The molecule has 9 aromatic rings. The highest BCUT2D eigenvalue weighted by atomic mass is 32.1. The van der Waals surface area contributed by atoms with Crippen molar-refractivity contribution < 1.29 is 0 Å². The van der Waals surface area contributed by atoms with Gasteiger partial charge in [0.25, 0.3) is 0 Å². The van der Waals surface area contributed by atoms with Gasteiger partial charge in [-0.15, -0.1) is 11.3 Å². The predicted octanol–water partition coefficient (Wildman–Crippen LogP) is 14.2. The molecule has 0 saturated heterocycles. The first kappa shape index (κ1) is 29.9. The van der Waals surface area contributed by atoms with Crippen LogP contribution in [0.5, 0.6) is 0 Å². The quantitative estimate of drug-likeness (QED) is 0.165. The summed E-state index contributed by atoms with van der Waals surface area (Å²) in [7, 11) is 0. The van der Waals surface area contributed by atoms with Crippen LogP contribution in [0.1, 0.15) is 0 Å². The average molecular weight is 656 g/mol. The smallest absolute Gasteiger partial charge is 0.0462 e. The van der Waals surface area contributed by atoms with Crippen LogP contribution in [0.2, 0.25) is 0 Å². The van der Waals surface area contributed by atoms with Gasteiger partial charge in [0, 0.05) is 42.8 Å². The fourth-order valence-electron chi connectivity index (χ4n) is 6.94. The largest absolute Gasteiger partial charge is 0.311 e. The Morgan fingerprint density at radius 2 is 0.700 bits per heavy atom. The first-order valence-corrected chi connectivity index (χ1v) is 17.8. The lowest BCUT2D eigenvalue weighted by molar-refractivity contribution is 1.28. The molecule has 0 saturated carbocycles. The Balaban J connectivity index is 1.13. The van der Waals surface area contributed by atoms with E-state index in [1.54, 1.807) is 0 Å². The highest BCUT2D eigenvalue weighted by Gasteiger charge is 2.16. The standard InChI is InChI=1S/C48H33NS/c1-4-12-34(13-5-1)36-20-26-41(27-21-36)49(42-28-22-37(23-29-42)35-14-6-2-7-15-35)43-30-24-38(25-31-43)40-32-45(39-16-8-3-9-17-39)48-46(33-40)44-18-10-11-19-47(44)50-48/h1-33H. The van der Waals surface area contributed by atoms with Crippen LogP contribution in [0.15, 0.2) is 200 Å². The van der Waals surface area contributed by atoms with Crippen molar-refractivity contribution in [2.75, 3.05) is 4.90 Å². The van der Waals surface area contributed by atoms with Gasteiger partial charge < -0.3 is 4.90 Å². The second kappa shape index (κ2) is 13.0. The van der Waals surface area contributed by atoms with Crippen LogP contribution < -0.4 is 4.90 Å². The molecule has 0 aliphatic carbocycles. The molecule has 1 nitrogen and oxygen atoms in total. The van der Waals surface area contributed by atoms with E-state index in [0.717, 1.165) is 17.1 Å². The van der Waals surface area contributed by atoms with Crippen LogP contribution in [0.25, 0.3) is 64.7 Å². The molecule has 0 radical (unpaired) electrons. The molecule has 0 aliphatic heterocycles. The predicted molar refractivity (Wildman–Crippen MR) is 216 cm³/mol. The molecule has 8 aromatic carbocycles. The average Bonchev–Trinajstić information content (AvgIpc) is 3.58. The molecular weight excluding hydrogens is 623 g/mol. The van der Waals surface area contributed by atoms with Gasteiger partial charge in [-0.3, -0.25) is 0 Å². The lowest BCUT2D eigenvalue weighted by Gasteiger charge is -2.26. The summed E-state index contributed by atoms with van der Waals surface area (Å²) in [6, 6.07) is 72.2. The van der Waals surface area contributed by atoms with Crippen molar-refractivity contribution in [2.45, 2.75) is 0 Å². The van der Waals surface area contributed by atoms with E-state index in [-0.39, 0.29) is 0 Å². The molecule has 0 atom stereocenters. The van der Waals surface area contributed by atoms with Crippen molar-refractivity contribution in [1.29, 1.82) is 0 Å². The molecule has 1 aromatic heterocycles. The maximum atomic E-state index is 2.37. The Labute approximate surface area is 297 Å². The number of rotatable bonds is 7. The summed E-state index contributed by atoms with van der Waals surface area (Å²) in [5.41, 5.74) is 13.1. The Kier molecular flexibility index (Phi) is 7.77. The molecule has 50 heavy (non-hydrogen) atoms. The second-order valence-electron chi connectivity index (χ2n) is 12.6. The fraction of sp³-hybridized carbons (Fsp3) is 0. The van der Waals surface area contributed by atoms with Gasteiger partial charge in [0.15, 0.2) is 0 Å². The Morgan fingerprint density at radius 1 is 0.300 bits per heavy atom. The first-order chi connectivity index (χ1) is 24.8. The first-order valence-electron chi connectivity index (χ1n) is 17.0. The molecule has 1 heterocycles. The number of nitrogens with zero attached hydrogens (tertiary/aromatic N) is 1. The second-order valence-corrected chi connectivity index (χ2v) is 13.6. The van der Waals surface area contributed by atoms with Crippen molar-refractivity contribution in [3.05, 3.63) is 200 Å². The highest BCUT2D eigenvalue weighted by molar-refractivity contribution is 7.26. The summed E-state index contributed by atoms with van der Waals surface area (Å²) in [6.07, 6.45) is 0. The monoisotopic (exact) mass is 655 g/mol. The van der Waals surface area contributed by atoms with Crippen LogP contribution in [0.4, 0.5) is 17.1 Å². The van der Waals surface area contributed by atoms with Crippen LogP contribution in [0.3, 0.4) is 0 Å². The summed E-state index contributed by atoms with van der Waals surface area (Å²) in [6.45, 7) is 0. The number of thiophene rings is 1. The Bertz CT molecular complexity index is 2450. The van der Waals surface area contributed by atoms with E-state index < -0.39 is 0 Å². The summed E-state index contributed by atoms with van der Waals surface area (Å²) < 4.78 is 2.65. The molecule has 0 unspecified atom stereocenters. The van der Waals surface area contributed by atoms with E-state index in [1.807, 2.05) is 11.3 Å². The van der Waals surface area contributed by atoms with E-state index >= 15 is 0 Å². The van der Waals surface area contributed by atoms with Crippen molar-refractivity contribution in [1.82, 2.24) is 0 Å². The maximum absolute atomic E-state index is 2.37. The lowest BCUT2D eigenvalue weighted by atomic mass is 9.96. The molecule has 236 valence electrons. The van der Waals surface area contributed by atoms with Crippen LogP contribution in [-0.4, -0.2) is 0 Å². The Hall–Kier alpha value is -6.22. The molecular formula is C48H33NS. The Morgan fingerprint density at radius 3 is 1.20 bits per heavy atom. The lowest BCUT2D eigenvalue weighted by Crippen LogP contribution is -2.09. The molecule has 9 rings (SSSR count). The van der Waals surface area contributed by atoms with Crippen LogP contribution in [-0.2, 0) is 0 Å². The number of anilines is 3. The summed E-state index contributed by atoms with van der Waals surface area (Å²) in [5, 5.41) is 2.62. The van der Waals surface area contributed by atoms with Crippen molar-refractivity contribution >= 4 is 48.6 Å². The summed E-state index contributed by atoms with van der Waals surface area (Å²) in [5.74, 6) is 0. The molecule has 0 aliphatic rings. The molecule has 0 amide bonds. The molecule has 0 N–H and O–H groups in total. The third-order valence-corrected chi connectivity index (χ3v) is 10.7. The van der Waals surface area contributed by atoms with E-state index in [4.69, 9.17) is 0 Å². The van der Waals surface area contributed by atoms with E-state index in [1.165, 1.54) is 64.7 Å². The van der Waals surface area contributed by atoms with Gasteiger partial charge in [-0.1, -0.05) is 146 Å². The van der Waals surface area contributed by atoms with E-state index in [2.05, 4.69) is 205 Å². The normalized spacial score (nSPS) is 11.2. The molecule has 0 bridgehead atoms. The molecule has 2 heteroatoms. The van der Waals surface area contributed by atoms with Crippen LogP contribution in [0, 0.1) is 0 Å². The van der Waals surface area contributed by atoms with Gasteiger partial charge >= 0.3 is 0 Å². The minimum Gasteiger partial charge on any atom is -0.311 e. The number of hydrogen-bond acceptors (Lipinski definition) is 2. The third-order valence-electron chi connectivity index (χ3n) is 9.49. The topological polar surface area (TPSA) is 3.24 Å². The van der Waals surface area contributed by atoms with Crippen molar-refractivity contribution in [2.24, 2.45) is 0 Å². The van der Waals surface area contributed by atoms with E-state index in [0.29, 0.717) is 0 Å². The van der Waals surface area contributed by atoms with E-state index in [9.17, 15) is 0 Å². The number of benzene rings is 8. The van der Waals surface area contributed by atoms with Gasteiger partial charge in [0.1, 0.15) is 0 Å². The van der Waals surface area contributed by atoms with Gasteiger partial charge in [-0.25, -0.2) is 0 Å². The van der Waals surface area contributed by atoms with Gasteiger partial charge in [-0.2, -0.15) is 0 Å². The zero-order valence-corrected chi connectivity index (χ0v) is 28.2. The number of hydrogen-bond donors (Lipinski definition) is 0. The summed E-state index contributed by atoms with van der Waals surface area (Å²) in [4.78, 5) is 2.35. The molecule has 0 fully saturated rings. The molecule has 0 spiro atoms. The zero-order chi connectivity index (χ0) is 33.3. The van der Waals surface area contributed by atoms with Gasteiger partial charge in [0.05, 0.1) is 0 Å².